The Bertz CT molecular complexity index is 1350. The van der Waals surface area contributed by atoms with Crippen LogP contribution in [0.25, 0.3) is 11.3 Å². The molecule has 1 unspecified atom stereocenters. The number of hydrogen-bond donors (Lipinski definition) is 0. The first-order chi connectivity index (χ1) is 18.9. The monoisotopic (exact) mass is 533 g/mol. The summed E-state index contributed by atoms with van der Waals surface area (Å²) in [6, 6.07) is 16.1. The molecule has 12 heteroatoms. The number of amides is 2. The van der Waals surface area contributed by atoms with Crippen molar-refractivity contribution in [3.05, 3.63) is 82.5 Å². The van der Waals surface area contributed by atoms with Gasteiger partial charge in [-0.25, -0.2) is 9.59 Å². The van der Waals surface area contributed by atoms with E-state index in [-0.39, 0.29) is 37.4 Å². The molecule has 0 aliphatic carbocycles. The van der Waals surface area contributed by atoms with Gasteiger partial charge in [0.1, 0.15) is 19.8 Å². The quantitative estimate of drug-likeness (QED) is 0.245. The number of carbonyl (C=O) groups excluding carboxylic acids is 3. The van der Waals surface area contributed by atoms with Crippen LogP contribution in [0.2, 0.25) is 0 Å². The molecule has 2 fully saturated rings. The van der Waals surface area contributed by atoms with Crippen LogP contribution in [0.3, 0.4) is 0 Å². The molecule has 2 aliphatic heterocycles. The molecule has 0 N–H and O–H groups in total. The molecule has 3 heterocycles. The molecule has 2 amide bonds. The first kappa shape index (κ1) is 25.9. The third-order valence-electron chi connectivity index (χ3n) is 6.93. The van der Waals surface area contributed by atoms with E-state index in [1.807, 2.05) is 30.3 Å². The summed E-state index contributed by atoms with van der Waals surface area (Å²) < 4.78 is 12.1. The highest BCUT2D eigenvalue weighted by molar-refractivity contribution is 5.84. The van der Waals surface area contributed by atoms with Gasteiger partial charge in [0.15, 0.2) is 6.04 Å². The lowest BCUT2D eigenvalue weighted by Crippen LogP contribution is -2.52. The van der Waals surface area contributed by atoms with Crippen molar-refractivity contribution in [3.63, 3.8) is 0 Å². The van der Waals surface area contributed by atoms with Crippen LogP contribution in [-0.2, 0) is 32.2 Å². The standard InChI is InChI=1S/C27H27N5O7/c33-25(16-30-15-12-23(28-30)20-6-8-22(9-7-20)32(36)37)29-13-10-21(11-14-29)31-24(18-39-27(31)35)26(34)38-17-19-4-2-1-3-5-19/h1-9,12,15,21,24H,10-11,13-14,16-18H2. The Morgan fingerprint density at radius 3 is 2.46 bits per heavy atom. The number of non-ortho nitro benzene ring substituents is 1. The van der Waals surface area contributed by atoms with Crippen molar-refractivity contribution in [1.29, 1.82) is 0 Å². The minimum Gasteiger partial charge on any atom is -0.459 e. The van der Waals surface area contributed by atoms with Crippen LogP contribution in [0.5, 0.6) is 0 Å². The van der Waals surface area contributed by atoms with Gasteiger partial charge in [-0.2, -0.15) is 5.10 Å². The molecule has 5 rings (SSSR count). The van der Waals surface area contributed by atoms with Gasteiger partial charge in [0.25, 0.3) is 5.69 Å². The number of esters is 1. The van der Waals surface area contributed by atoms with Gasteiger partial charge in [0.05, 0.1) is 10.6 Å². The van der Waals surface area contributed by atoms with Crippen LogP contribution in [0, 0.1) is 10.1 Å². The van der Waals surface area contributed by atoms with Crippen molar-refractivity contribution in [1.82, 2.24) is 19.6 Å². The number of aromatic nitrogens is 2. The second-order valence-corrected chi connectivity index (χ2v) is 9.41. The highest BCUT2D eigenvalue weighted by Crippen LogP contribution is 2.26. The number of carbonyl (C=O) groups is 3. The van der Waals surface area contributed by atoms with E-state index >= 15 is 0 Å². The molecule has 2 aromatic carbocycles. The van der Waals surface area contributed by atoms with Crippen LogP contribution in [-0.4, -0.2) is 74.3 Å². The second-order valence-electron chi connectivity index (χ2n) is 9.41. The lowest BCUT2D eigenvalue weighted by atomic mass is 10.0. The van der Waals surface area contributed by atoms with E-state index in [9.17, 15) is 24.5 Å². The Hall–Kier alpha value is -4.74. The number of likely N-dealkylation sites (tertiary alicyclic amines) is 1. The zero-order valence-corrected chi connectivity index (χ0v) is 21.0. The number of rotatable bonds is 8. The zero-order valence-electron chi connectivity index (χ0n) is 21.0. The van der Waals surface area contributed by atoms with Gasteiger partial charge in [-0.3, -0.25) is 24.5 Å². The molecule has 3 aromatic rings. The third kappa shape index (κ3) is 5.89. The van der Waals surface area contributed by atoms with Gasteiger partial charge < -0.3 is 14.4 Å². The lowest BCUT2D eigenvalue weighted by molar-refractivity contribution is -0.384. The molecule has 12 nitrogen and oxygen atoms in total. The average Bonchev–Trinajstić information content (AvgIpc) is 3.59. The highest BCUT2D eigenvalue weighted by Gasteiger charge is 2.44. The summed E-state index contributed by atoms with van der Waals surface area (Å²) in [5, 5.41) is 15.3. The Kier molecular flexibility index (Phi) is 7.53. The largest absolute Gasteiger partial charge is 0.459 e. The van der Waals surface area contributed by atoms with Gasteiger partial charge in [0, 0.05) is 43.0 Å². The maximum Gasteiger partial charge on any atom is 0.410 e. The average molecular weight is 534 g/mol. The summed E-state index contributed by atoms with van der Waals surface area (Å²) in [6.07, 6.45) is 2.16. The molecule has 2 saturated heterocycles. The molecular weight excluding hydrogens is 506 g/mol. The van der Waals surface area contributed by atoms with E-state index in [2.05, 4.69) is 5.10 Å². The molecule has 0 spiro atoms. The topological polar surface area (TPSA) is 137 Å². The normalized spacial score (nSPS) is 17.6. The number of hydrogen-bond acceptors (Lipinski definition) is 8. The van der Waals surface area contributed by atoms with E-state index in [1.54, 1.807) is 29.3 Å². The van der Waals surface area contributed by atoms with Crippen LogP contribution < -0.4 is 0 Å². The molecule has 202 valence electrons. The highest BCUT2D eigenvalue weighted by atomic mass is 16.6. The number of nitro groups is 1. The number of benzene rings is 2. The van der Waals surface area contributed by atoms with Crippen molar-refractivity contribution < 1.29 is 28.8 Å². The van der Waals surface area contributed by atoms with Gasteiger partial charge in [-0.05, 0) is 36.6 Å². The lowest BCUT2D eigenvalue weighted by Gasteiger charge is -2.37. The summed E-state index contributed by atoms with van der Waals surface area (Å²) in [4.78, 5) is 51.7. The maximum atomic E-state index is 12.9. The minimum atomic E-state index is -0.810. The van der Waals surface area contributed by atoms with E-state index in [0.717, 1.165) is 5.56 Å². The van der Waals surface area contributed by atoms with Gasteiger partial charge in [-0.15, -0.1) is 0 Å². The van der Waals surface area contributed by atoms with E-state index in [1.165, 1.54) is 21.7 Å². The van der Waals surface area contributed by atoms with Gasteiger partial charge in [0.2, 0.25) is 5.91 Å². The van der Waals surface area contributed by atoms with Crippen LogP contribution >= 0.6 is 0 Å². The van der Waals surface area contributed by atoms with Crippen LogP contribution in [0.15, 0.2) is 66.9 Å². The number of nitrogens with zero attached hydrogens (tertiary/aromatic N) is 5. The zero-order chi connectivity index (χ0) is 27.4. The van der Waals surface area contributed by atoms with Crippen molar-refractivity contribution >= 4 is 23.7 Å². The minimum absolute atomic E-state index is 0.00523. The molecule has 0 saturated carbocycles. The Morgan fingerprint density at radius 2 is 1.77 bits per heavy atom. The Labute approximate surface area is 223 Å². The molecule has 0 bridgehead atoms. The fraction of sp³-hybridized carbons (Fsp3) is 0.333. The molecule has 1 atom stereocenters. The Morgan fingerprint density at radius 1 is 1.05 bits per heavy atom. The van der Waals surface area contributed by atoms with Crippen LogP contribution in [0.1, 0.15) is 18.4 Å². The maximum absolute atomic E-state index is 12.9. The molecule has 2 aliphatic rings. The molecular formula is C27H27N5O7. The van der Waals surface area contributed by atoms with Gasteiger partial charge in [-0.1, -0.05) is 30.3 Å². The summed E-state index contributed by atoms with van der Waals surface area (Å²) in [5.74, 6) is -0.625. The van der Waals surface area contributed by atoms with Crippen molar-refractivity contribution in [2.45, 2.75) is 38.1 Å². The first-order valence-electron chi connectivity index (χ1n) is 12.6. The van der Waals surface area contributed by atoms with E-state index < -0.39 is 23.0 Å². The van der Waals surface area contributed by atoms with E-state index in [0.29, 0.717) is 37.2 Å². The fourth-order valence-corrected chi connectivity index (χ4v) is 4.83. The first-order valence-corrected chi connectivity index (χ1v) is 12.6. The molecule has 39 heavy (non-hydrogen) atoms. The number of cyclic esters (lactones) is 1. The van der Waals surface area contributed by atoms with Crippen molar-refractivity contribution in [2.24, 2.45) is 0 Å². The van der Waals surface area contributed by atoms with Gasteiger partial charge >= 0.3 is 12.1 Å². The second kappa shape index (κ2) is 11.3. The summed E-state index contributed by atoms with van der Waals surface area (Å²) in [6.45, 7) is 0.954. The number of piperidine rings is 1. The summed E-state index contributed by atoms with van der Waals surface area (Å²) in [7, 11) is 0. The third-order valence-corrected chi connectivity index (χ3v) is 6.93. The SMILES string of the molecule is O=C(OCc1ccccc1)C1COC(=O)N1C1CCN(C(=O)Cn2ccc(-c3ccc([N+](=O)[O-])cc3)n2)CC1. The molecule has 1 aromatic heterocycles. The summed E-state index contributed by atoms with van der Waals surface area (Å²) >= 11 is 0. The number of ether oxygens (including phenoxy) is 2. The van der Waals surface area contributed by atoms with Crippen molar-refractivity contribution in [3.8, 4) is 11.3 Å². The predicted molar refractivity (Wildman–Crippen MR) is 137 cm³/mol. The number of nitro benzene ring substituents is 1. The Balaban J connectivity index is 1.13. The van der Waals surface area contributed by atoms with E-state index in [4.69, 9.17) is 9.47 Å². The van der Waals surface area contributed by atoms with Crippen LogP contribution in [0.4, 0.5) is 10.5 Å². The summed E-state index contributed by atoms with van der Waals surface area (Å²) in [5.41, 5.74) is 2.16. The smallest absolute Gasteiger partial charge is 0.410 e. The predicted octanol–water partition coefficient (Wildman–Crippen LogP) is 3.01. The molecule has 0 radical (unpaired) electrons. The fourth-order valence-electron chi connectivity index (χ4n) is 4.83. The van der Waals surface area contributed by atoms with Crippen molar-refractivity contribution in [2.75, 3.05) is 19.7 Å².